The van der Waals surface area contributed by atoms with Crippen LogP contribution in [-0.2, 0) is 0 Å². The molecule has 0 aromatic carbocycles. The molecule has 23 heavy (non-hydrogen) atoms. The molecule has 4 aliphatic rings. The Morgan fingerprint density at radius 3 is 2.26 bits per heavy atom. The lowest BCUT2D eigenvalue weighted by atomic mass is 9.68. The lowest BCUT2D eigenvalue weighted by Gasteiger charge is -2.43. The van der Waals surface area contributed by atoms with Gasteiger partial charge in [-0.3, -0.25) is 4.90 Å². The van der Waals surface area contributed by atoms with Crippen molar-refractivity contribution in [2.75, 3.05) is 24.6 Å². The molecule has 134 valence electrons. The lowest BCUT2D eigenvalue weighted by molar-refractivity contribution is 0.0960. The summed E-state index contributed by atoms with van der Waals surface area (Å²) in [4.78, 5) is 3.10. The molecular formula is C21H39NS. The van der Waals surface area contributed by atoms with E-state index in [9.17, 15) is 0 Å². The van der Waals surface area contributed by atoms with Gasteiger partial charge in [-0.05, 0) is 86.4 Å². The molecule has 1 saturated heterocycles. The number of hydrogen-bond donors (Lipinski definition) is 0. The molecule has 0 aromatic rings. The Labute approximate surface area is 146 Å². The third kappa shape index (κ3) is 2.80. The number of hydrogen-bond acceptors (Lipinski definition) is 1. The number of rotatable bonds is 2. The van der Waals surface area contributed by atoms with Gasteiger partial charge in [-0.15, -0.1) is 0 Å². The SMILES string of the molecule is CC1CCC2C(C1)C1C3CCCCC3C(C)C1N2CS(C)(C)C. The Balaban J connectivity index is 1.67. The zero-order chi connectivity index (χ0) is 16.4. The molecule has 1 heterocycles. The Morgan fingerprint density at radius 2 is 1.57 bits per heavy atom. The topological polar surface area (TPSA) is 3.24 Å². The highest BCUT2D eigenvalue weighted by Crippen LogP contribution is 2.61. The van der Waals surface area contributed by atoms with Crippen LogP contribution in [0.15, 0.2) is 0 Å². The first-order valence-electron chi connectivity index (χ1n) is 10.3. The van der Waals surface area contributed by atoms with Gasteiger partial charge in [0.05, 0.1) is 0 Å². The van der Waals surface area contributed by atoms with Crippen molar-refractivity contribution in [3.8, 4) is 0 Å². The first-order chi connectivity index (χ1) is 10.9. The van der Waals surface area contributed by atoms with E-state index < -0.39 is 10.0 Å². The molecule has 1 nitrogen and oxygen atoms in total. The Kier molecular flexibility index (Phi) is 4.33. The van der Waals surface area contributed by atoms with Gasteiger partial charge in [-0.2, -0.15) is 0 Å². The molecule has 8 unspecified atom stereocenters. The summed E-state index contributed by atoms with van der Waals surface area (Å²) >= 11 is 0. The van der Waals surface area contributed by atoms with Crippen LogP contribution in [0, 0.1) is 35.5 Å². The Morgan fingerprint density at radius 1 is 0.870 bits per heavy atom. The second kappa shape index (κ2) is 5.94. The molecule has 4 rings (SSSR count). The van der Waals surface area contributed by atoms with Crippen LogP contribution in [0.5, 0.6) is 0 Å². The van der Waals surface area contributed by atoms with Crippen molar-refractivity contribution in [2.45, 2.75) is 70.9 Å². The van der Waals surface area contributed by atoms with Crippen molar-refractivity contribution in [3.63, 3.8) is 0 Å². The quantitative estimate of drug-likeness (QED) is 0.669. The molecule has 3 aliphatic carbocycles. The van der Waals surface area contributed by atoms with Crippen molar-refractivity contribution in [1.29, 1.82) is 0 Å². The van der Waals surface area contributed by atoms with Crippen LogP contribution in [0.25, 0.3) is 0 Å². The van der Waals surface area contributed by atoms with E-state index >= 15 is 0 Å². The summed E-state index contributed by atoms with van der Waals surface area (Å²) in [6, 6.07) is 1.88. The molecule has 8 atom stereocenters. The lowest BCUT2D eigenvalue weighted by Crippen LogP contribution is -2.44. The standard InChI is InChI=1S/C21H39NS/c1-14-10-11-19-18(12-14)20-17-9-7-6-8-16(17)15(2)21(20)22(19)13-23(3,4)5/h14-21H,6-13H2,1-5H3. The third-order valence-corrected chi connectivity index (χ3v) is 9.01. The predicted octanol–water partition coefficient (Wildman–Crippen LogP) is 5.20. The maximum absolute atomic E-state index is 3.10. The highest BCUT2D eigenvalue weighted by molar-refractivity contribution is 8.32. The maximum atomic E-state index is 3.10. The van der Waals surface area contributed by atoms with E-state index in [-0.39, 0.29) is 0 Å². The van der Waals surface area contributed by atoms with E-state index in [1.165, 1.54) is 38.0 Å². The summed E-state index contributed by atoms with van der Waals surface area (Å²) in [5.41, 5.74) is 0. The van der Waals surface area contributed by atoms with Gasteiger partial charge < -0.3 is 0 Å². The van der Waals surface area contributed by atoms with Gasteiger partial charge in [0, 0.05) is 18.0 Å². The van der Waals surface area contributed by atoms with Crippen LogP contribution in [0.4, 0.5) is 0 Å². The van der Waals surface area contributed by atoms with Gasteiger partial charge in [-0.25, -0.2) is 10.0 Å². The molecule has 3 saturated carbocycles. The smallest absolute Gasteiger partial charge is 0.0289 e. The van der Waals surface area contributed by atoms with Crippen molar-refractivity contribution in [3.05, 3.63) is 0 Å². The molecule has 0 aromatic heterocycles. The molecule has 4 fully saturated rings. The van der Waals surface area contributed by atoms with E-state index in [2.05, 4.69) is 37.5 Å². The van der Waals surface area contributed by atoms with Crippen LogP contribution in [0.3, 0.4) is 0 Å². The first kappa shape index (κ1) is 16.8. The molecule has 0 spiro atoms. The summed E-state index contributed by atoms with van der Waals surface area (Å²) in [5, 5.41) is 0. The third-order valence-electron chi connectivity index (χ3n) is 7.94. The largest absolute Gasteiger partial charge is 0.289 e. The fourth-order valence-corrected chi connectivity index (χ4v) is 8.61. The van der Waals surface area contributed by atoms with Gasteiger partial charge in [0.25, 0.3) is 0 Å². The highest BCUT2D eigenvalue weighted by Gasteiger charge is 2.61. The first-order valence-corrected chi connectivity index (χ1v) is 13.3. The van der Waals surface area contributed by atoms with E-state index in [1.54, 1.807) is 12.8 Å². The summed E-state index contributed by atoms with van der Waals surface area (Å²) < 4.78 is 0. The second-order valence-corrected chi connectivity index (χ2v) is 14.9. The minimum Gasteiger partial charge on any atom is -0.289 e. The Hall–Kier alpha value is 0.310. The second-order valence-electron chi connectivity index (χ2n) is 10.4. The number of nitrogens with zero attached hydrogens (tertiary/aromatic N) is 1. The van der Waals surface area contributed by atoms with Crippen LogP contribution < -0.4 is 0 Å². The minimum atomic E-state index is -0.441. The van der Waals surface area contributed by atoms with E-state index in [0.717, 1.165) is 47.6 Å². The molecule has 1 aliphatic heterocycles. The fourth-order valence-electron chi connectivity index (χ4n) is 7.35. The van der Waals surface area contributed by atoms with Crippen LogP contribution in [0.1, 0.15) is 58.8 Å². The minimum absolute atomic E-state index is 0.441. The van der Waals surface area contributed by atoms with E-state index in [1.807, 2.05) is 0 Å². The van der Waals surface area contributed by atoms with Crippen LogP contribution in [-0.4, -0.2) is 41.6 Å². The summed E-state index contributed by atoms with van der Waals surface area (Å²) in [6.07, 6.45) is 18.3. The molecule has 0 N–H and O–H groups in total. The number of likely N-dealkylation sites (tertiary alicyclic amines) is 1. The molecular weight excluding hydrogens is 298 g/mol. The van der Waals surface area contributed by atoms with Crippen LogP contribution >= 0.6 is 10.0 Å². The Bertz CT molecular complexity index is 442. The summed E-state index contributed by atoms with van der Waals surface area (Å²) in [5.74, 6) is 7.61. The average molecular weight is 338 g/mol. The fraction of sp³-hybridized carbons (Fsp3) is 1.00. The van der Waals surface area contributed by atoms with Crippen molar-refractivity contribution >= 4 is 10.0 Å². The van der Waals surface area contributed by atoms with Gasteiger partial charge in [0.15, 0.2) is 0 Å². The van der Waals surface area contributed by atoms with Crippen LogP contribution in [0.2, 0.25) is 0 Å². The summed E-state index contributed by atoms with van der Waals surface area (Å²) in [7, 11) is -0.441. The van der Waals surface area contributed by atoms with Gasteiger partial charge in [0.1, 0.15) is 0 Å². The molecule has 0 bridgehead atoms. The zero-order valence-electron chi connectivity index (χ0n) is 16.1. The van der Waals surface area contributed by atoms with E-state index in [0.29, 0.717) is 0 Å². The maximum Gasteiger partial charge on any atom is 0.0289 e. The van der Waals surface area contributed by atoms with Crippen molar-refractivity contribution in [2.24, 2.45) is 35.5 Å². The monoisotopic (exact) mass is 337 g/mol. The predicted molar refractivity (Wildman–Crippen MR) is 104 cm³/mol. The zero-order valence-corrected chi connectivity index (χ0v) is 16.9. The van der Waals surface area contributed by atoms with Crippen molar-refractivity contribution in [1.82, 2.24) is 4.90 Å². The molecule has 0 amide bonds. The van der Waals surface area contributed by atoms with E-state index in [4.69, 9.17) is 0 Å². The summed E-state index contributed by atoms with van der Waals surface area (Å²) in [6.45, 7) is 5.17. The normalized spacial score (nSPS) is 51.2. The average Bonchev–Trinajstić information content (AvgIpc) is 2.93. The highest BCUT2D eigenvalue weighted by atomic mass is 32.3. The molecule has 0 radical (unpaired) electrons. The van der Waals surface area contributed by atoms with Gasteiger partial charge in [0.2, 0.25) is 0 Å². The van der Waals surface area contributed by atoms with Gasteiger partial charge >= 0.3 is 0 Å². The molecule has 2 heteroatoms. The number of fused-ring (bicyclic) bond motifs is 5. The van der Waals surface area contributed by atoms with Crippen molar-refractivity contribution < 1.29 is 0 Å². The van der Waals surface area contributed by atoms with Gasteiger partial charge in [-0.1, -0.05) is 26.7 Å².